The van der Waals surface area contributed by atoms with Gasteiger partial charge in [0.25, 0.3) is 11.8 Å². The van der Waals surface area contributed by atoms with Crippen LogP contribution in [0.1, 0.15) is 32.1 Å². The number of ether oxygens (including phenoxy) is 1. The van der Waals surface area contributed by atoms with Crippen molar-refractivity contribution in [3.05, 3.63) is 53.1 Å². The van der Waals surface area contributed by atoms with E-state index in [4.69, 9.17) is 4.74 Å². The van der Waals surface area contributed by atoms with Crippen molar-refractivity contribution in [1.29, 1.82) is 0 Å². The topological polar surface area (TPSA) is 103 Å². The van der Waals surface area contributed by atoms with Crippen molar-refractivity contribution >= 4 is 23.2 Å². The number of benzene rings is 1. The molecule has 0 atom stereocenters. The first-order valence-electron chi connectivity index (χ1n) is 8.60. The Bertz CT molecular complexity index is 1050. The normalized spacial score (nSPS) is 10.6. The lowest BCUT2D eigenvalue weighted by Crippen LogP contribution is -2.21. The van der Waals surface area contributed by atoms with Gasteiger partial charge in [-0.2, -0.15) is 10.2 Å². The van der Waals surface area contributed by atoms with Gasteiger partial charge in [0.15, 0.2) is 0 Å². The first kappa shape index (κ1) is 19.2. The molecular weight excluding hydrogens is 360 g/mol. The summed E-state index contributed by atoms with van der Waals surface area (Å²) in [5.74, 6) is -0.131. The third-order valence-electron chi connectivity index (χ3n) is 4.63. The summed E-state index contributed by atoms with van der Waals surface area (Å²) in [6.45, 7) is 3.65. The molecule has 3 rings (SSSR count). The quantitative estimate of drug-likeness (QED) is 0.705. The maximum Gasteiger partial charge on any atom is 0.276 e. The van der Waals surface area contributed by atoms with Crippen LogP contribution < -0.4 is 15.4 Å². The maximum absolute atomic E-state index is 12.8. The lowest BCUT2D eigenvalue weighted by Gasteiger charge is -2.11. The van der Waals surface area contributed by atoms with E-state index in [1.165, 1.54) is 10.9 Å². The fraction of sp³-hybridized carbons (Fsp3) is 0.263. The molecule has 0 fully saturated rings. The van der Waals surface area contributed by atoms with E-state index in [1.54, 1.807) is 57.2 Å². The average molecular weight is 382 g/mol. The molecule has 2 aromatic heterocycles. The Morgan fingerprint density at radius 1 is 0.964 bits per heavy atom. The molecule has 0 aliphatic heterocycles. The summed E-state index contributed by atoms with van der Waals surface area (Å²) in [5.41, 5.74) is 3.12. The largest absolute Gasteiger partial charge is 0.496 e. The van der Waals surface area contributed by atoms with E-state index in [9.17, 15) is 9.59 Å². The number of hydrogen-bond acceptors (Lipinski definition) is 5. The van der Waals surface area contributed by atoms with Crippen molar-refractivity contribution in [2.45, 2.75) is 13.8 Å². The molecule has 3 aromatic rings. The zero-order valence-corrected chi connectivity index (χ0v) is 16.4. The van der Waals surface area contributed by atoms with Gasteiger partial charge in [-0.25, -0.2) is 0 Å². The zero-order valence-electron chi connectivity index (χ0n) is 16.4. The number of carbonyl (C=O) groups excluding carboxylic acids is 2. The smallest absolute Gasteiger partial charge is 0.276 e. The van der Waals surface area contributed by atoms with E-state index >= 15 is 0 Å². The van der Waals surface area contributed by atoms with E-state index in [0.29, 0.717) is 28.3 Å². The first-order chi connectivity index (χ1) is 13.3. The molecular formula is C19H22N6O3. The van der Waals surface area contributed by atoms with Crippen molar-refractivity contribution in [2.24, 2.45) is 14.1 Å². The summed E-state index contributed by atoms with van der Waals surface area (Å²) in [4.78, 5) is 25.5. The maximum atomic E-state index is 12.8. The highest BCUT2D eigenvalue weighted by Gasteiger charge is 2.21. The molecule has 0 bridgehead atoms. The average Bonchev–Trinajstić information content (AvgIpc) is 3.18. The van der Waals surface area contributed by atoms with Gasteiger partial charge in [-0.15, -0.1) is 0 Å². The Labute approximate surface area is 162 Å². The minimum Gasteiger partial charge on any atom is -0.496 e. The molecule has 0 saturated heterocycles. The number of methoxy groups -OCH3 is 1. The Morgan fingerprint density at radius 2 is 1.61 bits per heavy atom. The Hall–Kier alpha value is -3.62. The van der Waals surface area contributed by atoms with Crippen LogP contribution in [0.2, 0.25) is 0 Å². The Kier molecular flexibility index (Phi) is 5.16. The number of carbonyl (C=O) groups is 2. The van der Waals surface area contributed by atoms with Crippen LogP contribution in [-0.2, 0) is 14.1 Å². The summed E-state index contributed by atoms with van der Waals surface area (Å²) < 4.78 is 8.33. The van der Waals surface area contributed by atoms with Gasteiger partial charge >= 0.3 is 0 Å². The SMILES string of the molecule is COc1cccc(C(=O)Nc2cnn(C)c2C(=O)Nc2cnn(C)c2C)c1C. The second-order valence-electron chi connectivity index (χ2n) is 6.34. The monoisotopic (exact) mass is 382 g/mol. The van der Waals surface area contributed by atoms with Crippen LogP contribution in [-0.4, -0.2) is 38.5 Å². The highest BCUT2D eigenvalue weighted by atomic mass is 16.5. The number of rotatable bonds is 5. The molecule has 9 nitrogen and oxygen atoms in total. The number of hydrogen-bond donors (Lipinski definition) is 2. The molecule has 1 aromatic carbocycles. The van der Waals surface area contributed by atoms with Crippen molar-refractivity contribution in [3.63, 3.8) is 0 Å². The summed E-state index contributed by atoms with van der Waals surface area (Å²) in [7, 11) is 4.97. The predicted octanol–water partition coefficient (Wildman–Crippen LogP) is 2.28. The lowest BCUT2D eigenvalue weighted by atomic mass is 10.1. The van der Waals surface area contributed by atoms with E-state index < -0.39 is 5.91 Å². The van der Waals surface area contributed by atoms with Crippen LogP contribution in [0.4, 0.5) is 11.4 Å². The fourth-order valence-corrected chi connectivity index (χ4v) is 2.87. The Balaban J connectivity index is 1.86. The summed E-state index contributed by atoms with van der Waals surface area (Å²) in [6, 6.07) is 5.22. The lowest BCUT2D eigenvalue weighted by molar-refractivity contribution is 0.101. The highest BCUT2D eigenvalue weighted by Crippen LogP contribution is 2.23. The standard InChI is InChI=1S/C19H22N6O3/c1-11-13(7-6-8-16(11)28-5)18(26)23-15-10-21-25(4)17(15)19(27)22-14-9-20-24(3)12(14)2/h6-10H,1-5H3,(H,22,27)(H,23,26). The molecule has 2 amide bonds. The minimum absolute atomic E-state index is 0.233. The van der Waals surface area contributed by atoms with Crippen molar-refractivity contribution < 1.29 is 14.3 Å². The van der Waals surface area contributed by atoms with Gasteiger partial charge in [-0.05, 0) is 26.0 Å². The van der Waals surface area contributed by atoms with Crippen LogP contribution in [0.5, 0.6) is 5.75 Å². The zero-order chi connectivity index (χ0) is 20.4. The number of aromatic nitrogens is 4. The molecule has 0 spiro atoms. The van der Waals surface area contributed by atoms with Crippen LogP contribution >= 0.6 is 0 Å². The first-order valence-corrected chi connectivity index (χ1v) is 8.60. The van der Waals surface area contributed by atoms with Gasteiger partial charge in [-0.3, -0.25) is 19.0 Å². The van der Waals surface area contributed by atoms with Crippen LogP contribution in [0.3, 0.4) is 0 Å². The van der Waals surface area contributed by atoms with Crippen LogP contribution in [0.25, 0.3) is 0 Å². The third kappa shape index (κ3) is 3.46. The van der Waals surface area contributed by atoms with E-state index in [1.807, 2.05) is 6.92 Å². The molecule has 0 aliphatic rings. The molecule has 0 aliphatic carbocycles. The van der Waals surface area contributed by atoms with Crippen molar-refractivity contribution in [2.75, 3.05) is 17.7 Å². The number of amides is 2. The summed E-state index contributed by atoms with van der Waals surface area (Å²) in [5, 5.41) is 13.8. The second-order valence-corrected chi connectivity index (χ2v) is 6.34. The molecule has 0 saturated carbocycles. The summed E-state index contributed by atoms with van der Waals surface area (Å²) >= 11 is 0. The second kappa shape index (κ2) is 7.55. The molecule has 2 N–H and O–H groups in total. The van der Waals surface area contributed by atoms with Crippen molar-refractivity contribution in [1.82, 2.24) is 19.6 Å². The van der Waals surface area contributed by atoms with Gasteiger partial charge in [0.1, 0.15) is 11.4 Å². The fourth-order valence-electron chi connectivity index (χ4n) is 2.87. The molecule has 28 heavy (non-hydrogen) atoms. The van der Waals surface area contributed by atoms with Gasteiger partial charge in [-0.1, -0.05) is 6.07 Å². The molecule has 146 valence electrons. The van der Waals surface area contributed by atoms with Gasteiger partial charge in [0, 0.05) is 25.2 Å². The molecule has 2 heterocycles. The van der Waals surface area contributed by atoms with Gasteiger partial charge < -0.3 is 15.4 Å². The number of aryl methyl sites for hydroxylation is 2. The molecule has 9 heteroatoms. The summed E-state index contributed by atoms with van der Waals surface area (Å²) in [6.07, 6.45) is 3.01. The van der Waals surface area contributed by atoms with Gasteiger partial charge in [0.2, 0.25) is 0 Å². The third-order valence-corrected chi connectivity index (χ3v) is 4.63. The minimum atomic E-state index is -0.395. The molecule has 0 radical (unpaired) electrons. The number of anilines is 2. The van der Waals surface area contributed by atoms with E-state index in [-0.39, 0.29) is 11.6 Å². The van der Waals surface area contributed by atoms with Gasteiger partial charge in [0.05, 0.1) is 36.6 Å². The Morgan fingerprint density at radius 3 is 2.25 bits per heavy atom. The highest BCUT2D eigenvalue weighted by molar-refractivity contribution is 6.12. The predicted molar refractivity (Wildman–Crippen MR) is 105 cm³/mol. The van der Waals surface area contributed by atoms with Crippen LogP contribution in [0, 0.1) is 13.8 Å². The van der Waals surface area contributed by atoms with E-state index in [2.05, 4.69) is 20.8 Å². The van der Waals surface area contributed by atoms with Crippen LogP contribution in [0.15, 0.2) is 30.6 Å². The number of nitrogens with one attached hydrogen (secondary N) is 2. The van der Waals surface area contributed by atoms with Crippen molar-refractivity contribution in [3.8, 4) is 5.75 Å². The number of nitrogens with zero attached hydrogens (tertiary/aromatic N) is 4. The van der Waals surface area contributed by atoms with E-state index in [0.717, 1.165) is 5.69 Å². The molecule has 0 unspecified atom stereocenters.